The predicted octanol–water partition coefficient (Wildman–Crippen LogP) is 1.77. The van der Waals surface area contributed by atoms with Crippen LogP contribution in [0.15, 0.2) is 23.2 Å². The second kappa shape index (κ2) is 12.1. The van der Waals surface area contributed by atoms with Gasteiger partial charge in [0, 0.05) is 39.2 Å². The molecule has 9 heteroatoms. The van der Waals surface area contributed by atoms with E-state index in [2.05, 4.69) is 15.6 Å². The van der Waals surface area contributed by atoms with Gasteiger partial charge in [0.1, 0.15) is 0 Å². The van der Waals surface area contributed by atoms with Gasteiger partial charge in [-0.2, -0.15) is 0 Å². The average molecular weight is 518 g/mol. The molecule has 1 aromatic rings. The van der Waals surface area contributed by atoms with Crippen LogP contribution in [0.3, 0.4) is 0 Å². The van der Waals surface area contributed by atoms with E-state index in [1.54, 1.807) is 19.0 Å². The monoisotopic (exact) mass is 518 g/mol. The molecule has 1 aromatic carbocycles. The van der Waals surface area contributed by atoms with E-state index in [0.29, 0.717) is 32.3 Å². The fraction of sp³-hybridized carbons (Fsp3) is 0.600. The first-order valence-corrected chi connectivity index (χ1v) is 9.85. The van der Waals surface area contributed by atoms with E-state index in [9.17, 15) is 4.79 Å². The Morgan fingerprint density at radius 2 is 2.00 bits per heavy atom. The van der Waals surface area contributed by atoms with Gasteiger partial charge in [0.05, 0.1) is 32.4 Å². The Morgan fingerprint density at radius 1 is 1.17 bits per heavy atom. The molecule has 162 valence electrons. The number of halogens is 1. The number of carbonyl (C=O) groups is 1. The predicted molar refractivity (Wildman–Crippen MR) is 122 cm³/mol. The van der Waals surface area contributed by atoms with Crippen molar-refractivity contribution in [2.75, 3.05) is 47.0 Å². The zero-order valence-corrected chi connectivity index (χ0v) is 19.4. The smallest absolute Gasteiger partial charge is 0.241 e. The first-order valence-electron chi connectivity index (χ1n) is 9.85. The molecule has 2 N–H and O–H groups in total. The average Bonchev–Trinajstić information content (AvgIpc) is 3.10. The Labute approximate surface area is 189 Å². The van der Waals surface area contributed by atoms with Gasteiger partial charge < -0.3 is 29.7 Å². The molecule has 1 amide bonds. The van der Waals surface area contributed by atoms with E-state index < -0.39 is 0 Å². The number of para-hydroxylation sites is 1. The van der Waals surface area contributed by atoms with Crippen molar-refractivity contribution >= 4 is 35.8 Å². The van der Waals surface area contributed by atoms with Crippen molar-refractivity contribution in [2.45, 2.75) is 31.9 Å². The van der Waals surface area contributed by atoms with Crippen LogP contribution in [0.25, 0.3) is 0 Å². The fourth-order valence-corrected chi connectivity index (χ4v) is 3.05. The van der Waals surface area contributed by atoms with Gasteiger partial charge in [-0.3, -0.25) is 4.79 Å². The molecule has 0 aliphatic carbocycles. The number of hydrogen-bond donors (Lipinski definition) is 2. The highest BCUT2D eigenvalue weighted by atomic mass is 127. The van der Waals surface area contributed by atoms with Crippen LogP contribution in [0, 0.1) is 0 Å². The van der Waals surface area contributed by atoms with E-state index in [1.807, 2.05) is 18.2 Å². The molecule has 3 rings (SSSR count). The largest absolute Gasteiger partial charge is 0.490 e. The Hall–Kier alpha value is -1.75. The number of likely N-dealkylation sites (N-methyl/N-ethyl adjacent to an activating group) is 1. The van der Waals surface area contributed by atoms with Gasteiger partial charge in [0.25, 0.3) is 0 Å². The lowest BCUT2D eigenvalue weighted by Crippen LogP contribution is -2.45. The minimum atomic E-state index is -0.0167. The van der Waals surface area contributed by atoms with Crippen molar-refractivity contribution in [1.82, 2.24) is 15.5 Å². The summed E-state index contributed by atoms with van der Waals surface area (Å²) in [6.45, 7) is 3.35. The molecule has 2 aliphatic heterocycles. The normalized spacial score (nSPS) is 18.4. The number of nitrogens with zero attached hydrogens (tertiary/aromatic N) is 2. The third-order valence-corrected chi connectivity index (χ3v) is 4.69. The number of amides is 1. The van der Waals surface area contributed by atoms with Crippen molar-refractivity contribution < 1.29 is 19.0 Å². The summed E-state index contributed by atoms with van der Waals surface area (Å²) in [5, 5.41) is 6.40. The number of carbonyl (C=O) groups excluding carboxylic acids is 1. The van der Waals surface area contributed by atoms with Crippen LogP contribution in [0.2, 0.25) is 0 Å². The van der Waals surface area contributed by atoms with Gasteiger partial charge >= 0.3 is 0 Å². The van der Waals surface area contributed by atoms with Gasteiger partial charge in [-0.15, -0.1) is 24.0 Å². The summed E-state index contributed by atoms with van der Waals surface area (Å²) in [6.07, 6.45) is 3.16. The maximum atomic E-state index is 11.9. The quantitative estimate of drug-likeness (QED) is 0.340. The van der Waals surface area contributed by atoms with Crippen molar-refractivity contribution in [3.63, 3.8) is 0 Å². The van der Waals surface area contributed by atoms with Crippen molar-refractivity contribution in [1.29, 1.82) is 0 Å². The highest BCUT2D eigenvalue weighted by Crippen LogP contribution is 2.33. The molecular weight excluding hydrogens is 487 g/mol. The maximum Gasteiger partial charge on any atom is 0.241 e. The lowest BCUT2D eigenvalue weighted by atomic mass is 10.2. The number of guanidine groups is 1. The van der Waals surface area contributed by atoms with Crippen LogP contribution in [0.5, 0.6) is 11.5 Å². The summed E-state index contributed by atoms with van der Waals surface area (Å²) >= 11 is 0. The lowest BCUT2D eigenvalue weighted by molar-refractivity contribution is -0.127. The molecule has 29 heavy (non-hydrogen) atoms. The van der Waals surface area contributed by atoms with Crippen LogP contribution in [-0.2, 0) is 16.1 Å². The molecule has 0 bridgehead atoms. The van der Waals surface area contributed by atoms with Crippen LogP contribution in [0.4, 0.5) is 0 Å². The van der Waals surface area contributed by atoms with Gasteiger partial charge in [0.15, 0.2) is 17.5 Å². The van der Waals surface area contributed by atoms with E-state index in [0.717, 1.165) is 42.9 Å². The minimum absolute atomic E-state index is 0. The Morgan fingerprint density at radius 3 is 2.76 bits per heavy atom. The zero-order valence-electron chi connectivity index (χ0n) is 17.1. The van der Waals surface area contributed by atoms with Crippen LogP contribution >= 0.6 is 24.0 Å². The fourth-order valence-electron chi connectivity index (χ4n) is 3.05. The SMILES string of the molecule is CN(C)C(=O)CNC(=NCc1cccc2c1OCCCO2)NCC1CCCO1.I. The minimum Gasteiger partial charge on any atom is -0.490 e. The number of aliphatic imine (C=N–C) groups is 1. The number of benzene rings is 1. The number of nitrogens with one attached hydrogen (secondary N) is 2. The number of fused-ring (bicyclic) bond motifs is 1. The molecule has 8 nitrogen and oxygen atoms in total. The van der Waals surface area contributed by atoms with Crippen molar-refractivity contribution in [2.24, 2.45) is 4.99 Å². The van der Waals surface area contributed by atoms with Crippen LogP contribution in [-0.4, -0.2) is 69.9 Å². The molecule has 2 heterocycles. The molecule has 0 saturated carbocycles. The Bertz CT molecular complexity index is 693. The summed E-state index contributed by atoms with van der Waals surface area (Å²) in [6, 6.07) is 5.85. The van der Waals surface area contributed by atoms with E-state index in [4.69, 9.17) is 14.2 Å². The van der Waals surface area contributed by atoms with Gasteiger partial charge in [-0.05, 0) is 18.9 Å². The first kappa shape index (κ1) is 23.5. The highest BCUT2D eigenvalue weighted by molar-refractivity contribution is 14.0. The van der Waals surface area contributed by atoms with Gasteiger partial charge in [-0.1, -0.05) is 12.1 Å². The molecule has 1 saturated heterocycles. The van der Waals surface area contributed by atoms with E-state index in [1.165, 1.54) is 0 Å². The molecule has 1 atom stereocenters. The topological polar surface area (TPSA) is 84.4 Å². The Balaban J connectivity index is 0.00000300. The maximum absolute atomic E-state index is 11.9. The zero-order chi connectivity index (χ0) is 19.8. The summed E-state index contributed by atoms with van der Waals surface area (Å²) in [5.41, 5.74) is 0.955. The van der Waals surface area contributed by atoms with E-state index >= 15 is 0 Å². The highest BCUT2D eigenvalue weighted by Gasteiger charge is 2.17. The van der Waals surface area contributed by atoms with Crippen molar-refractivity contribution in [3.05, 3.63) is 23.8 Å². The standard InChI is InChI=1S/C20H30N4O4.HI/c1-24(2)18(25)14-23-20(22-13-16-7-4-9-26-16)21-12-15-6-3-8-17-19(15)28-11-5-10-27-17;/h3,6,8,16H,4-5,7,9-14H2,1-2H3,(H2,21,22,23);1H. The van der Waals surface area contributed by atoms with Crippen molar-refractivity contribution in [3.8, 4) is 11.5 Å². The number of hydrogen-bond acceptors (Lipinski definition) is 5. The molecule has 0 spiro atoms. The second-order valence-electron chi connectivity index (χ2n) is 7.12. The third-order valence-electron chi connectivity index (χ3n) is 4.69. The number of rotatable bonds is 6. The van der Waals surface area contributed by atoms with Crippen LogP contribution < -0.4 is 20.1 Å². The summed E-state index contributed by atoms with van der Waals surface area (Å²) < 4.78 is 17.3. The first-order chi connectivity index (χ1) is 13.6. The third kappa shape index (κ3) is 7.22. The molecule has 0 radical (unpaired) electrons. The number of ether oxygens (including phenoxy) is 3. The van der Waals surface area contributed by atoms with Gasteiger partial charge in [0.2, 0.25) is 5.91 Å². The summed E-state index contributed by atoms with van der Waals surface area (Å²) in [7, 11) is 3.47. The molecule has 1 fully saturated rings. The summed E-state index contributed by atoms with van der Waals surface area (Å²) in [4.78, 5) is 18.1. The van der Waals surface area contributed by atoms with Crippen LogP contribution in [0.1, 0.15) is 24.8 Å². The molecule has 0 aromatic heterocycles. The Kier molecular flexibility index (Phi) is 9.79. The molecular formula is C20H31IN4O4. The lowest BCUT2D eigenvalue weighted by Gasteiger charge is -2.17. The van der Waals surface area contributed by atoms with Gasteiger partial charge in [-0.25, -0.2) is 4.99 Å². The summed E-state index contributed by atoms with van der Waals surface area (Å²) in [5.74, 6) is 2.08. The second-order valence-corrected chi connectivity index (χ2v) is 7.12. The molecule has 1 unspecified atom stereocenters. The molecule has 2 aliphatic rings. The van der Waals surface area contributed by atoms with E-state index in [-0.39, 0.29) is 42.5 Å².